The Morgan fingerprint density at radius 2 is 1.94 bits per heavy atom. The van der Waals surface area contributed by atoms with Crippen molar-refractivity contribution in [1.82, 2.24) is 9.47 Å². The standard InChI is InChI=1S/C28H33N3O2/c32-18-17-31-24-11-2-1-9-21(24)22-12-16-30(19-25(22)31)15-4-3-13-28-14-6-8-20-7-5-10-23(26(20)28)29-27(28)33/h1-2,5,7,9-11,32H,3-4,6,8,12-19H2,(H,29,33)/t28-/m1/s1. The van der Waals surface area contributed by atoms with Crippen molar-refractivity contribution in [2.45, 2.75) is 63.5 Å². The van der Waals surface area contributed by atoms with Gasteiger partial charge in [-0.2, -0.15) is 0 Å². The maximum Gasteiger partial charge on any atom is 0.235 e. The largest absolute Gasteiger partial charge is 0.395 e. The Balaban J connectivity index is 1.14. The van der Waals surface area contributed by atoms with Crippen LogP contribution in [0.4, 0.5) is 5.69 Å². The van der Waals surface area contributed by atoms with Gasteiger partial charge < -0.3 is 15.0 Å². The molecule has 1 atom stereocenters. The Kier molecular flexibility index (Phi) is 5.27. The molecule has 1 amide bonds. The van der Waals surface area contributed by atoms with Gasteiger partial charge in [-0.15, -0.1) is 0 Å². The highest BCUT2D eigenvalue weighted by Crippen LogP contribution is 2.49. The van der Waals surface area contributed by atoms with Crippen LogP contribution in [0.15, 0.2) is 42.5 Å². The van der Waals surface area contributed by atoms with Gasteiger partial charge in [0, 0.05) is 41.9 Å². The van der Waals surface area contributed by atoms with Crippen LogP contribution < -0.4 is 5.32 Å². The van der Waals surface area contributed by atoms with Crippen LogP contribution in [0.5, 0.6) is 0 Å². The molecule has 2 N–H and O–H groups in total. The summed E-state index contributed by atoms with van der Waals surface area (Å²) in [5.74, 6) is 0.223. The summed E-state index contributed by atoms with van der Waals surface area (Å²) in [5, 5.41) is 14.2. The lowest BCUT2D eigenvalue weighted by atomic mass is 9.68. The first-order valence-electron chi connectivity index (χ1n) is 12.6. The van der Waals surface area contributed by atoms with Crippen molar-refractivity contribution in [3.8, 4) is 0 Å². The van der Waals surface area contributed by atoms with Crippen LogP contribution >= 0.6 is 0 Å². The molecule has 0 unspecified atom stereocenters. The Morgan fingerprint density at radius 1 is 1.03 bits per heavy atom. The van der Waals surface area contributed by atoms with E-state index in [0.29, 0.717) is 6.54 Å². The van der Waals surface area contributed by atoms with E-state index in [9.17, 15) is 9.90 Å². The minimum Gasteiger partial charge on any atom is -0.395 e. The SMILES string of the molecule is O=C1Nc2cccc3c2[C@@]1(CCCCN1CCc2c(n(CCO)c4ccccc24)C1)CCC3. The van der Waals surface area contributed by atoms with Crippen molar-refractivity contribution in [3.05, 3.63) is 64.8 Å². The third-order valence-corrected chi connectivity index (χ3v) is 8.26. The molecule has 5 heteroatoms. The lowest BCUT2D eigenvalue weighted by Gasteiger charge is -2.33. The molecular formula is C28H33N3O2. The summed E-state index contributed by atoms with van der Waals surface area (Å²) < 4.78 is 2.32. The number of para-hydroxylation sites is 1. The van der Waals surface area contributed by atoms with E-state index in [1.165, 1.54) is 33.3 Å². The van der Waals surface area contributed by atoms with Crippen molar-refractivity contribution in [1.29, 1.82) is 0 Å². The molecule has 3 heterocycles. The summed E-state index contributed by atoms with van der Waals surface area (Å²) in [6.45, 7) is 3.91. The number of nitrogens with zero attached hydrogens (tertiary/aromatic N) is 2. The number of rotatable bonds is 7. The average Bonchev–Trinajstić information content (AvgIpc) is 3.31. The maximum atomic E-state index is 13.0. The molecule has 1 aliphatic carbocycles. The highest BCUT2D eigenvalue weighted by atomic mass is 16.3. The van der Waals surface area contributed by atoms with Crippen LogP contribution in [0.1, 0.15) is 54.5 Å². The molecule has 172 valence electrons. The van der Waals surface area contributed by atoms with Gasteiger partial charge in [0.15, 0.2) is 0 Å². The maximum absolute atomic E-state index is 13.0. The molecule has 0 saturated heterocycles. The molecule has 2 aromatic carbocycles. The van der Waals surface area contributed by atoms with Crippen molar-refractivity contribution >= 4 is 22.5 Å². The third-order valence-electron chi connectivity index (χ3n) is 8.26. The molecule has 0 spiro atoms. The van der Waals surface area contributed by atoms with Gasteiger partial charge in [0.05, 0.1) is 12.0 Å². The monoisotopic (exact) mass is 443 g/mol. The first kappa shape index (κ1) is 20.9. The zero-order valence-corrected chi connectivity index (χ0v) is 19.3. The first-order valence-corrected chi connectivity index (χ1v) is 12.6. The Labute approximate surface area is 195 Å². The van der Waals surface area contributed by atoms with Gasteiger partial charge in [-0.05, 0) is 73.9 Å². The summed E-state index contributed by atoms with van der Waals surface area (Å²) >= 11 is 0. The molecule has 0 fully saturated rings. The highest BCUT2D eigenvalue weighted by molar-refractivity contribution is 6.07. The van der Waals surface area contributed by atoms with Crippen LogP contribution in [-0.4, -0.2) is 40.2 Å². The van der Waals surface area contributed by atoms with Crippen molar-refractivity contribution in [2.75, 3.05) is 25.0 Å². The normalized spacial score (nSPS) is 21.8. The molecule has 0 saturated carbocycles. The van der Waals surface area contributed by atoms with Crippen LogP contribution in [-0.2, 0) is 36.1 Å². The second kappa shape index (κ2) is 8.30. The molecule has 1 aromatic heterocycles. The van der Waals surface area contributed by atoms with E-state index in [1.807, 2.05) is 0 Å². The summed E-state index contributed by atoms with van der Waals surface area (Å²) in [6, 6.07) is 15.0. The fraction of sp³-hybridized carbons (Fsp3) is 0.464. The summed E-state index contributed by atoms with van der Waals surface area (Å²) in [5.41, 5.74) is 7.51. The highest BCUT2D eigenvalue weighted by Gasteiger charge is 2.48. The summed E-state index contributed by atoms with van der Waals surface area (Å²) in [6.07, 6.45) is 7.39. The van der Waals surface area contributed by atoms with Crippen molar-refractivity contribution in [3.63, 3.8) is 0 Å². The quantitative estimate of drug-likeness (QED) is 0.533. The lowest BCUT2D eigenvalue weighted by Crippen LogP contribution is -2.37. The molecule has 0 radical (unpaired) electrons. The number of carbonyl (C=O) groups excluding carboxylic acids is 1. The number of aryl methyl sites for hydroxylation is 1. The van der Waals surface area contributed by atoms with Gasteiger partial charge in [0.2, 0.25) is 5.91 Å². The average molecular weight is 444 g/mol. The second-order valence-electron chi connectivity index (χ2n) is 10.0. The minimum absolute atomic E-state index is 0.165. The van der Waals surface area contributed by atoms with Crippen LogP contribution in [0.2, 0.25) is 0 Å². The molecule has 0 bridgehead atoms. The van der Waals surface area contributed by atoms with Gasteiger partial charge in [-0.3, -0.25) is 9.69 Å². The predicted molar refractivity (Wildman–Crippen MR) is 132 cm³/mol. The summed E-state index contributed by atoms with van der Waals surface area (Å²) in [7, 11) is 0. The van der Waals surface area contributed by atoms with E-state index < -0.39 is 0 Å². The van der Waals surface area contributed by atoms with Gasteiger partial charge in [-0.1, -0.05) is 36.8 Å². The smallest absolute Gasteiger partial charge is 0.235 e. The second-order valence-corrected chi connectivity index (χ2v) is 10.0. The first-order chi connectivity index (χ1) is 16.2. The molecular weight excluding hydrogens is 410 g/mol. The topological polar surface area (TPSA) is 57.5 Å². The number of unbranched alkanes of at least 4 members (excludes halogenated alkanes) is 1. The molecule has 3 aliphatic rings. The number of anilines is 1. The van der Waals surface area contributed by atoms with Gasteiger partial charge in [0.1, 0.15) is 0 Å². The van der Waals surface area contributed by atoms with Gasteiger partial charge in [-0.25, -0.2) is 0 Å². The van der Waals surface area contributed by atoms with Gasteiger partial charge >= 0.3 is 0 Å². The van der Waals surface area contributed by atoms with Crippen LogP contribution in [0, 0.1) is 0 Å². The number of hydrogen-bond donors (Lipinski definition) is 2. The number of hydrogen-bond acceptors (Lipinski definition) is 3. The molecule has 2 aliphatic heterocycles. The molecule has 6 rings (SSSR count). The number of aliphatic hydroxyl groups excluding tert-OH is 1. The zero-order valence-electron chi connectivity index (χ0n) is 19.3. The van der Waals surface area contributed by atoms with E-state index in [-0.39, 0.29) is 17.9 Å². The fourth-order valence-electron chi connectivity index (χ4n) is 6.77. The fourth-order valence-corrected chi connectivity index (χ4v) is 6.77. The molecule has 5 nitrogen and oxygen atoms in total. The third kappa shape index (κ3) is 3.32. The zero-order chi connectivity index (χ0) is 22.4. The van der Waals surface area contributed by atoms with Crippen LogP contribution in [0.3, 0.4) is 0 Å². The number of carbonyl (C=O) groups is 1. The number of amides is 1. The minimum atomic E-state index is -0.299. The van der Waals surface area contributed by atoms with Crippen molar-refractivity contribution in [2.24, 2.45) is 0 Å². The van der Waals surface area contributed by atoms with E-state index in [4.69, 9.17) is 0 Å². The Hall–Kier alpha value is -2.63. The number of nitrogens with one attached hydrogen (secondary N) is 1. The van der Waals surface area contributed by atoms with E-state index in [2.05, 4.69) is 57.2 Å². The van der Waals surface area contributed by atoms with Crippen molar-refractivity contribution < 1.29 is 9.90 Å². The Morgan fingerprint density at radius 3 is 2.85 bits per heavy atom. The number of aliphatic hydroxyl groups is 1. The van der Waals surface area contributed by atoms with E-state index in [1.54, 1.807) is 0 Å². The van der Waals surface area contributed by atoms with Crippen LogP contribution in [0.25, 0.3) is 10.9 Å². The lowest BCUT2D eigenvalue weighted by molar-refractivity contribution is -0.121. The Bertz CT molecular complexity index is 1210. The van der Waals surface area contributed by atoms with Gasteiger partial charge in [0.25, 0.3) is 0 Å². The van der Waals surface area contributed by atoms with E-state index in [0.717, 1.165) is 70.3 Å². The number of benzene rings is 2. The predicted octanol–water partition coefficient (Wildman–Crippen LogP) is 4.39. The molecule has 33 heavy (non-hydrogen) atoms. The van der Waals surface area contributed by atoms with E-state index >= 15 is 0 Å². The number of aromatic nitrogens is 1. The summed E-state index contributed by atoms with van der Waals surface area (Å²) in [4.78, 5) is 15.6. The molecule has 3 aromatic rings. The number of fused-ring (bicyclic) bond motifs is 3.